The van der Waals surface area contributed by atoms with Crippen LogP contribution in [0.4, 0.5) is 18.3 Å². The molecule has 1 saturated heterocycles. The predicted molar refractivity (Wildman–Crippen MR) is 66.7 cm³/mol. The van der Waals surface area contributed by atoms with E-state index >= 15 is 0 Å². The molecule has 0 aromatic carbocycles. The van der Waals surface area contributed by atoms with Gasteiger partial charge in [-0.25, -0.2) is 4.98 Å². The highest BCUT2D eigenvalue weighted by Crippen LogP contribution is 2.43. The Morgan fingerprint density at radius 2 is 2.20 bits per heavy atom. The van der Waals surface area contributed by atoms with Crippen molar-refractivity contribution in [3.05, 3.63) is 11.1 Å². The molecule has 1 aromatic heterocycles. The van der Waals surface area contributed by atoms with Gasteiger partial charge < -0.3 is 10.6 Å². The molecule has 5 nitrogen and oxygen atoms in total. The molecule has 1 atom stereocenters. The van der Waals surface area contributed by atoms with Crippen LogP contribution >= 0.6 is 11.3 Å². The quantitative estimate of drug-likeness (QED) is 0.836. The summed E-state index contributed by atoms with van der Waals surface area (Å²) in [4.78, 5) is 26.8. The van der Waals surface area contributed by atoms with Gasteiger partial charge in [-0.15, -0.1) is 11.3 Å². The van der Waals surface area contributed by atoms with Gasteiger partial charge in [0.15, 0.2) is 16.3 Å². The maximum absolute atomic E-state index is 13.1. The zero-order chi connectivity index (χ0) is 15.0. The van der Waals surface area contributed by atoms with Gasteiger partial charge in [-0.05, 0) is 13.0 Å². The second kappa shape index (κ2) is 5.13. The van der Waals surface area contributed by atoms with Crippen LogP contribution in [0.5, 0.6) is 0 Å². The summed E-state index contributed by atoms with van der Waals surface area (Å²) in [6.07, 6.45) is -4.95. The Labute approximate surface area is 116 Å². The number of nitrogens with one attached hydrogen (secondary N) is 2. The summed E-state index contributed by atoms with van der Waals surface area (Å²) >= 11 is 0.923. The van der Waals surface area contributed by atoms with Crippen LogP contribution in [0.3, 0.4) is 0 Å². The van der Waals surface area contributed by atoms with Crippen LogP contribution in [0, 0.1) is 5.41 Å². The number of ketones is 1. The van der Waals surface area contributed by atoms with E-state index in [0.29, 0.717) is 0 Å². The van der Waals surface area contributed by atoms with Crippen molar-refractivity contribution in [3.8, 4) is 0 Å². The van der Waals surface area contributed by atoms with Crippen molar-refractivity contribution in [2.45, 2.75) is 19.5 Å². The number of rotatable bonds is 3. The molecule has 0 radical (unpaired) electrons. The van der Waals surface area contributed by atoms with Crippen molar-refractivity contribution >= 4 is 28.2 Å². The number of alkyl halides is 3. The van der Waals surface area contributed by atoms with E-state index in [4.69, 9.17) is 0 Å². The fourth-order valence-corrected chi connectivity index (χ4v) is 2.71. The van der Waals surface area contributed by atoms with Gasteiger partial charge in [-0.3, -0.25) is 9.59 Å². The van der Waals surface area contributed by atoms with Crippen LogP contribution < -0.4 is 10.6 Å². The second-order valence-electron chi connectivity index (χ2n) is 4.55. The van der Waals surface area contributed by atoms with Gasteiger partial charge in [0.05, 0.1) is 0 Å². The summed E-state index contributed by atoms with van der Waals surface area (Å²) in [5, 5.41) is 6.11. The molecule has 2 rings (SSSR count). The maximum atomic E-state index is 13.1. The van der Waals surface area contributed by atoms with E-state index < -0.39 is 24.0 Å². The van der Waals surface area contributed by atoms with Gasteiger partial charge >= 0.3 is 6.18 Å². The third-order valence-corrected chi connectivity index (χ3v) is 3.98. The van der Waals surface area contributed by atoms with Crippen molar-refractivity contribution < 1.29 is 22.8 Å². The lowest BCUT2D eigenvalue weighted by atomic mass is 9.85. The van der Waals surface area contributed by atoms with E-state index in [1.807, 2.05) is 0 Å². The molecule has 0 saturated carbocycles. The lowest BCUT2D eigenvalue weighted by Crippen LogP contribution is -2.49. The number of carbonyl (C=O) groups is 2. The number of amides is 1. The third-order valence-electron chi connectivity index (χ3n) is 3.22. The maximum Gasteiger partial charge on any atom is 0.404 e. The summed E-state index contributed by atoms with van der Waals surface area (Å²) in [7, 11) is 0. The number of aromatic nitrogens is 1. The summed E-state index contributed by atoms with van der Waals surface area (Å²) in [5.41, 5.74) is -2.31. The lowest BCUT2D eigenvalue weighted by Gasteiger charge is -2.28. The molecule has 0 bridgehead atoms. The van der Waals surface area contributed by atoms with Gasteiger partial charge in [-0.2, -0.15) is 13.2 Å². The smallest absolute Gasteiger partial charge is 0.315 e. The number of hydrogen-bond donors (Lipinski definition) is 2. The zero-order valence-electron chi connectivity index (χ0n) is 10.5. The first-order chi connectivity index (χ1) is 9.26. The van der Waals surface area contributed by atoms with Crippen LogP contribution in [0.25, 0.3) is 0 Å². The fraction of sp³-hybridized carbons (Fsp3) is 0.545. The summed E-state index contributed by atoms with van der Waals surface area (Å²) in [6, 6.07) is 0. The van der Waals surface area contributed by atoms with Gasteiger partial charge in [0, 0.05) is 18.8 Å². The van der Waals surface area contributed by atoms with Crippen LogP contribution in [0.15, 0.2) is 5.38 Å². The van der Waals surface area contributed by atoms with E-state index in [-0.39, 0.29) is 29.6 Å². The molecule has 110 valence electrons. The highest BCUT2D eigenvalue weighted by molar-refractivity contribution is 7.14. The average Bonchev–Trinajstić information content (AvgIpc) is 2.96. The minimum atomic E-state index is -4.64. The molecule has 1 aliphatic rings. The molecular formula is C11H12F3N3O2S. The van der Waals surface area contributed by atoms with Crippen LogP contribution in [-0.4, -0.2) is 35.9 Å². The predicted octanol–water partition coefficient (Wildman–Crippen LogP) is 1.83. The van der Waals surface area contributed by atoms with E-state index in [2.05, 4.69) is 15.6 Å². The van der Waals surface area contributed by atoms with Gasteiger partial charge in [-0.1, -0.05) is 0 Å². The standard InChI is InChI=1S/C11H12F3N3O2S/c1-6(18)7-4-20-9(16-7)17-8(19)10(11(12,13)14)2-3-15-5-10/h4,15H,2-3,5H2,1H3,(H,16,17,19). The molecule has 0 aliphatic carbocycles. The minimum absolute atomic E-state index is 0.00396. The topological polar surface area (TPSA) is 71.1 Å². The second-order valence-corrected chi connectivity index (χ2v) is 5.41. The highest BCUT2D eigenvalue weighted by Gasteiger charge is 2.61. The molecule has 2 heterocycles. The number of Topliss-reactive ketones (excluding diaryl/α,β-unsaturated/α-hetero) is 1. The normalized spacial score (nSPS) is 22.8. The first-order valence-electron chi connectivity index (χ1n) is 5.82. The number of anilines is 1. The molecule has 1 aliphatic heterocycles. The molecule has 20 heavy (non-hydrogen) atoms. The van der Waals surface area contributed by atoms with Crippen molar-refractivity contribution in [3.63, 3.8) is 0 Å². The minimum Gasteiger partial charge on any atom is -0.315 e. The molecular weight excluding hydrogens is 295 g/mol. The molecule has 1 amide bonds. The van der Waals surface area contributed by atoms with Gasteiger partial charge in [0.2, 0.25) is 5.91 Å². The SMILES string of the molecule is CC(=O)c1csc(NC(=O)C2(C(F)(F)F)CCNC2)n1. The van der Waals surface area contributed by atoms with Crippen LogP contribution in [0.1, 0.15) is 23.8 Å². The van der Waals surface area contributed by atoms with Crippen LogP contribution in [-0.2, 0) is 4.79 Å². The lowest BCUT2D eigenvalue weighted by molar-refractivity contribution is -0.213. The number of nitrogens with zero attached hydrogens (tertiary/aromatic N) is 1. The van der Waals surface area contributed by atoms with E-state index in [1.165, 1.54) is 12.3 Å². The molecule has 1 unspecified atom stereocenters. The summed E-state index contributed by atoms with van der Waals surface area (Å²) < 4.78 is 39.4. The zero-order valence-corrected chi connectivity index (χ0v) is 11.3. The largest absolute Gasteiger partial charge is 0.404 e. The highest BCUT2D eigenvalue weighted by atomic mass is 32.1. The molecule has 2 N–H and O–H groups in total. The van der Waals surface area contributed by atoms with Crippen molar-refractivity contribution in [1.82, 2.24) is 10.3 Å². The van der Waals surface area contributed by atoms with E-state index in [0.717, 1.165) is 11.3 Å². The Balaban J connectivity index is 2.19. The number of hydrogen-bond acceptors (Lipinski definition) is 5. The van der Waals surface area contributed by atoms with Gasteiger partial charge in [0.1, 0.15) is 5.69 Å². The van der Waals surface area contributed by atoms with Crippen LogP contribution in [0.2, 0.25) is 0 Å². The van der Waals surface area contributed by atoms with E-state index in [9.17, 15) is 22.8 Å². The first-order valence-corrected chi connectivity index (χ1v) is 6.69. The number of carbonyl (C=O) groups excluding carboxylic acids is 2. The Hall–Kier alpha value is -1.48. The molecule has 1 fully saturated rings. The average molecular weight is 307 g/mol. The van der Waals surface area contributed by atoms with Gasteiger partial charge in [0.25, 0.3) is 0 Å². The Morgan fingerprint density at radius 1 is 1.50 bits per heavy atom. The molecule has 9 heteroatoms. The van der Waals surface area contributed by atoms with Crippen molar-refractivity contribution in [2.75, 3.05) is 18.4 Å². The number of thiazole rings is 1. The number of halogens is 3. The fourth-order valence-electron chi connectivity index (χ4n) is 1.97. The van der Waals surface area contributed by atoms with E-state index in [1.54, 1.807) is 0 Å². The van der Waals surface area contributed by atoms with Crippen molar-refractivity contribution in [1.29, 1.82) is 0 Å². The van der Waals surface area contributed by atoms with Crippen molar-refractivity contribution in [2.24, 2.45) is 5.41 Å². The molecule has 1 aromatic rings. The molecule has 0 spiro atoms. The summed E-state index contributed by atoms with van der Waals surface area (Å²) in [6.45, 7) is 0.968. The summed E-state index contributed by atoms with van der Waals surface area (Å²) in [5.74, 6) is -1.45. The Kier molecular flexibility index (Phi) is 3.83. The monoisotopic (exact) mass is 307 g/mol. The third kappa shape index (κ3) is 2.55. The first kappa shape index (κ1) is 14.9. The Bertz CT molecular complexity index is 535. The Morgan fingerprint density at radius 3 is 2.65 bits per heavy atom.